The van der Waals surface area contributed by atoms with Gasteiger partial charge in [0, 0.05) is 23.3 Å². The molecule has 0 spiro atoms. The highest BCUT2D eigenvalue weighted by atomic mass is 32.1. The van der Waals surface area contributed by atoms with Gasteiger partial charge in [-0.3, -0.25) is 0 Å². The monoisotopic (exact) mass is 308 g/mol. The zero-order valence-corrected chi connectivity index (χ0v) is 15.1. The predicted octanol–water partition coefficient (Wildman–Crippen LogP) is 4.93. The van der Waals surface area contributed by atoms with E-state index in [1.165, 1.54) is 49.2 Å². The van der Waals surface area contributed by atoms with E-state index in [1.54, 1.807) is 0 Å². The first kappa shape index (κ1) is 17.0. The van der Waals surface area contributed by atoms with E-state index in [0.29, 0.717) is 6.04 Å². The van der Waals surface area contributed by atoms with E-state index in [9.17, 15) is 0 Å². The Hall–Kier alpha value is -0.410. The largest absolute Gasteiger partial charge is 0.314 e. The van der Waals surface area contributed by atoms with Crippen molar-refractivity contribution in [3.63, 3.8) is 0 Å². The lowest BCUT2D eigenvalue weighted by Gasteiger charge is -2.26. The van der Waals surface area contributed by atoms with E-state index < -0.39 is 0 Å². The molecule has 3 heteroatoms. The second-order valence-electron chi connectivity index (χ2n) is 7.57. The highest BCUT2D eigenvalue weighted by molar-refractivity contribution is 7.09. The van der Waals surface area contributed by atoms with E-state index in [0.717, 1.165) is 18.9 Å². The molecule has 0 aliphatic heterocycles. The minimum absolute atomic E-state index is 0.172. The van der Waals surface area contributed by atoms with Crippen molar-refractivity contribution in [2.24, 2.45) is 5.92 Å². The summed E-state index contributed by atoms with van der Waals surface area (Å²) in [6.07, 6.45) is 9.64. The molecule has 2 rings (SSSR count). The maximum atomic E-state index is 4.88. The van der Waals surface area contributed by atoms with Gasteiger partial charge in [-0.05, 0) is 18.9 Å². The quantitative estimate of drug-likeness (QED) is 0.806. The Bertz CT molecular complexity index is 413. The fourth-order valence-electron chi connectivity index (χ4n) is 3.31. The first-order valence-corrected chi connectivity index (χ1v) is 9.55. The van der Waals surface area contributed by atoms with Crippen molar-refractivity contribution in [1.29, 1.82) is 0 Å². The number of nitrogens with one attached hydrogen (secondary N) is 1. The Labute approximate surface area is 134 Å². The lowest BCUT2D eigenvalue weighted by molar-refractivity contribution is 0.298. The summed E-state index contributed by atoms with van der Waals surface area (Å²) >= 11 is 1.84. The number of hydrogen-bond acceptors (Lipinski definition) is 3. The second kappa shape index (κ2) is 7.73. The standard InChI is InChI=1S/C18H32N2S/c1-5-19-15(11-14-9-7-6-8-10-14)12-17-20-16(13-21-17)18(2,3)4/h13-15,19H,5-12H2,1-4H3. The summed E-state index contributed by atoms with van der Waals surface area (Å²) in [5.74, 6) is 0.935. The molecule has 0 radical (unpaired) electrons. The van der Waals surface area contributed by atoms with Crippen molar-refractivity contribution in [1.82, 2.24) is 10.3 Å². The van der Waals surface area contributed by atoms with Crippen LogP contribution in [0.4, 0.5) is 0 Å². The van der Waals surface area contributed by atoms with Gasteiger partial charge < -0.3 is 5.32 Å². The third-order valence-corrected chi connectivity index (χ3v) is 5.45. The molecule has 1 saturated carbocycles. The van der Waals surface area contributed by atoms with Crippen molar-refractivity contribution in [2.45, 2.75) is 84.1 Å². The molecule has 1 heterocycles. The molecule has 0 amide bonds. The zero-order chi connectivity index (χ0) is 15.3. The van der Waals surface area contributed by atoms with Crippen LogP contribution in [0, 0.1) is 5.92 Å². The fourth-order valence-corrected chi connectivity index (χ4v) is 4.42. The molecule has 1 fully saturated rings. The van der Waals surface area contributed by atoms with E-state index in [1.807, 2.05) is 11.3 Å². The van der Waals surface area contributed by atoms with Crippen LogP contribution in [-0.4, -0.2) is 17.6 Å². The number of hydrogen-bond donors (Lipinski definition) is 1. The van der Waals surface area contributed by atoms with Crippen LogP contribution in [0.2, 0.25) is 0 Å². The van der Waals surface area contributed by atoms with Crippen molar-refractivity contribution in [3.8, 4) is 0 Å². The molecule has 2 nitrogen and oxygen atoms in total. The summed E-state index contributed by atoms with van der Waals surface area (Å²) in [5, 5.41) is 7.25. The third kappa shape index (κ3) is 5.37. The summed E-state index contributed by atoms with van der Waals surface area (Å²) in [4.78, 5) is 4.88. The van der Waals surface area contributed by atoms with Gasteiger partial charge in [-0.1, -0.05) is 59.8 Å². The van der Waals surface area contributed by atoms with E-state index in [2.05, 4.69) is 38.4 Å². The Balaban J connectivity index is 1.93. The lowest BCUT2D eigenvalue weighted by Crippen LogP contribution is -2.33. The smallest absolute Gasteiger partial charge is 0.0944 e. The number of rotatable bonds is 6. The summed E-state index contributed by atoms with van der Waals surface area (Å²) in [5.41, 5.74) is 1.42. The van der Waals surface area contributed by atoms with Gasteiger partial charge in [0.1, 0.15) is 0 Å². The highest BCUT2D eigenvalue weighted by Crippen LogP contribution is 2.29. The van der Waals surface area contributed by atoms with Crippen LogP contribution in [0.25, 0.3) is 0 Å². The minimum Gasteiger partial charge on any atom is -0.314 e. The molecule has 0 bridgehead atoms. The number of thiazole rings is 1. The van der Waals surface area contributed by atoms with Crippen LogP contribution >= 0.6 is 11.3 Å². The maximum absolute atomic E-state index is 4.88. The molecule has 1 unspecified atom stereocenters. The average molecular weight is 309 g/mol. The molecular formula is C18H32N2S. The van der Waals surface area contributed by atoms with Crippen molar-refractivity contribution in [2.75, 3.05) is 6.54 Å². The molecule has 1 aliphatic carbocycles. The van der Waals surface area contributed by atoms with Crippen molar-refractivity contribution < 1.29 is 0 Å². The molecule has 120 valence electrons. The third-order valence-electron chi connectivity index (χ3n) is 4.58. The van der Waals surface area contributed by atoms with Gasteiger partial charge >= 0.3 is 0 Å². The summed E-state index contributed by atoms with van der Waals surface area (Å²) in [6.45, 7) is 10.0. The molecule has 0 aromatic carbocycles. The van der Waals surface area contributed by atoms with Gasteiger partial charge in [0.2, 0.25) is 0 Å². The summed E-state index contributed by atoms with van der Waals surface area (Å²) in [7, 11) is 0. The molecule has 1 N–H and O–H groups in total. The molecule has 1 aliphatic rings. The van der Waals surface area contributed by atoms with Gasteiger partial charge in [0.05, 0.1) is 10.7 Å². The summed E-state index contributed by atoms with van der Waals surface area (Å²) in [6, 6.07) is 0.608. The van der Waals surface area contributed by atoms with Crippen LogP contribution in [-0.2, 0) is 11.8 Å². The van der Waals surface area contributed by atoms with Gasteiger partial charge in [0.25, 0.3) is 0 Å². The number of aromatic nitrogens is 1. The van der Waals surface area contributed by atoms with Gasteiger partial charge in [0.15, 0.2) is 0 Å². The Morgan fingerprint density at radius 1 is 1.29 bits per heavy atom. The van der Waals surface area contributed by atoms with Crippen LogP contribution in [0.1, 0.15) is 76.9 Å². The van der Waals surface area contributed by atoms with Crippen LogP contribution < -0.4 is 5.32 Å². The maximum Gasteiger partial charge on any atom is 0.0944 e. The van der Waals surface area contributed by atoms with Crippen molar-refractivity contribution in [3.05, 3.63) is 16.1 Å². The fraction of sp³-hybridized carbons (Fsp3) is 0.833. The van der Waals surface area contributed by atoms with E-state index in [-0.39, 0.29) is 5.41 Å². The number of nitrogens with zero attached hydrogens (tertiary/aromatic N) is 1. The lowest BCUT2D eigenvalue weighted by atomic mass is 9.84. The van der Waals surface area contributed by atoms with Crippen molar-refractivity contribution >= 4 is 11.3 Å². The molecule has 1 aromatic rings. The Morgan fingerprint density at radius 2 is 2.00 bits per heavy atom. The zero-order valence-electron chi connectivity index (χ0n) is 14.2. The van der Waals surface area contributed by atoms with Gasteiger partial charge in [-0.15, -0.1) is 11.3 Å². The molecule has 1 atom stereocenters. The Kier molecular flexibility index (Phi) is 6.24. The van der Waals surface area contributed by atoms with E-state index in [4.69, 9.17) is 4.98 Å². The van der Waals surface area contributed by atoms with Crippen LogP contribution in [0.5, 0.6) is 0 Å². The highest BCUT2D eigenvalue weighted by Gasteiger charge is 2.21. The number of likely N-dealkylation sites (N-methyl/N-ethyl adjacent to an activating group) is 1. The molecular weight excluding hydrogens is 276 g/mol. The second-order valence-corrected chi connectivity index (χ2v) is 8.52. The van der Waals surface area contributed by atoms with E-state index >= 15 is 0 Å². The minimum atomic E-state index is 0.172. The SMILES string of the molecule is CCNC(Cc1nc(C(C)(C)C)cs1)CC1CCCCC1. The van der Waals surface area contributed by atoms with Crippen LogP contribution in [0.15, 0.2) is 5.38 Å². The molecule has 21 heavy (non-hydrogen) atoms. The van der Waals surface area contributed by atoms with Gasteiger partial charge in [-0.25, -0.2) is 4.98 Å². The average Bonchev–Trinajstić information content (AvgIpc) is 2.89. The first-order chi connectivity index (χ1) is 9.99. The van der Waals surface area contributed by atoms with Gasteiger partial charge in [-0.2, -0.15) is 0 Å². The first-order valence-electron chi connectivity index (χ1n) is 8.67. The normalized spacial score (nSPS) is 18.9. The van der Waals surface area contributed by atoms with Crippen LogP contribution in [0.3, 0.4) is 0 Å². The topological polar surface area (TPSA) is 24.9 Å². The summed E-state index contributed by atoms with van der Waals surface area (Å²) < 4.78 is 0. The molecule has 0 saturated heterocycles. The molecule has 1 aromatic heterocycles. The Morgan fingerprint density at radius 3 is 2.57 bits per heavy atom. The predicted molar refractivity (Wildman–Crippen MR) is 93.2 cm³/mol.